The topological polar surface area (TPSA) is 32.8 Å². The zero-order valence-corrected chi connectivity index (χ0v) is 18.2. The maximum Gasteiger partial charge on any atom is 0.222 e. The molecule has 1 saturated carbocycles. The third-order valence-corrected chi connectivity index (χ3v) is 7.63. The Morgan fingerprint density at radius 3 is 2.59 bits per heavy atom. The molecule has 1 aromatic rings. The molecule has 2 saturated heterocycles. The van der Waals surface area contributed by atoms with Crippen LogP contribution in [0, 0.1) is 5.92 Å². The molecule has 1 aliphatic carbocycles. The minimum absolute atomic E-state index is 0.0178. The summed E-state index contributed by atoms with van der Waals surface area (Å²) < 4.78 is 6.34. The summed E-state index contributed by atoms with van der Waals surface area (Å²) >= 11 is 0. The van der Waals surface area contributed by atoms with E-state index in [1.54, 1.807) is 0 Å². The molecule has 0 bridgehead atoms. The van der Waals surface area contributed by atoms with Crippen LogP contribution in [-0.2, 0) is 16.1 Å². The fourth-order valence-corrected chi connectivity index (χ4v) is 5.68. The normalized spacial score (nSPS) is 25.0. The Hall–Kier alpha value is -1.39. The molecule has 0 aromatic heterocycles. The van der Waals surface area contributed by atoms with E-state index < -0.39 is 0 Å². The highest BCUT2D eigenvalue weighted by Gasteiger charge is 2.42. The van der Waals surface area contributed by atoms with Gasteiger partial charge in [0.05, 0.1) is 5.60 Å². The van der Waals surface area contributed by atoms with E-state index in [0.29, 0.717) is 11.9 Å². The second-order valence-corrected chi connectivity index (χ2v) is 9.65. The number of carbonyl (C=O) groups is 1. The summed E-state index contributed by atoms with van der Waals surface area (Å²) in [4.78, 5) is 17.3. The summed E-state index contributed by atoms with van der Waals surface area (Å²) in [6, 6.07) is 11.3. The SMILES string of the molecule is CN(Cc1ccccc1)[C@H]1CCOC2(CCN(C(=O)CCC3CCCC3)CC2)C1. The number of rotatable bonds is 6. The summed E-state index contributed by atoms with van der Waals surface area (Å²) in [6.45, 7) is 3.59. The number of likely N-dealkylation sites (tertiary alicyclic amines) is 1. The van der Waals surface area contributed by atoms with E-state index in [-0.39, 0.29) is 5.60 Å². The van der Waals surface area contributed by atoms with Gasteiger partial charge < -0.3 is 9.64 Å². The lowest BCUT2D eigenvalue weighted by molar-refractivity contribution is -0.149. The van der Waals surface area contributed by atoms with Gasteiger partial charge in [0.2, 0.25) is 5.91 Å². The Labute approximate surface area is 176 Å². The van der Waals surface area contributed by atoms with Crippen LogP contribution in [0.15, 0.2) is 30.3 Å². The molecule has 29 heavy (non-hydrogen) atoms. The van der Waals surface area contributed by atoms with Crippen molar-refractivity contribution >= 4 is 5.91 Å². The maximum absolute atomic E-state index is 12.7. The third-order valence-electron chi connectivity index (χ3n) is 7.63. The summed E-state index contributed by atoms with van der Waals surface area (Å²) in [5.74, 6) is 1.18. The van der Waals surface area contributed by atoms with Crippen molar-refractivity contribution in [1.29, 1.82) is 0 Å². The highest BCUT2D eigenvalue weighted by molar-refractivity contribution is 5.76. The first-order valence-electron chi connectivity index (χ1n) is 11.8. The number of nitrogens with zero attached hydrogens (tertiary/aromatic N) is 2. The van der Waals surface area contributed by atoms with Crippen LogP contribution < -0.4 is 0 Å². The van der Waals surface area contributed by atoms with Crippen LogP contribution in [0.5, 0.6) is 0 Å². The molecule has 0 N–H and O–H groups in total. The summed E-state index contributed by atoms with van der Waals surface area (Å²) in [6.07, 6.45) is 11.4. The van der Waals surface area contributed by atoms with Crippen LogP contribution in [0.3, 0.4) is 0 Å². The molecule has 1 atom stereocenters. The molecule has 160 valence electrons. The van der Waals surface area contributed by atoms with Gasteiger partial charge in [0.15, 0.2) is 0 Å². The monoisotopic (exact) mass is 398 g/mol. The van der Waals surface area contributed by atoms with Gasteiger partial charge in [-0.1, -0.05) is 56.0 Å². The fourth-order valence-electron chi connectivity index (χ4n) is 5.68. The molecule has 1 aromatic carbocycles. The Kier molecular flexibility index (Phi) is 6.92. The van der Waals surface area contributed by atoms with Crippen molar-refractivity contribution in [2.75, 3.05) is 26.7 Å². The van der Waals surface area contributed by atoms with E-state index in [9.17, 15) is 4.79 Å². The van der Waals surface area contributed by atoms with Crippen LogP contribution in [-0.4, -0.2) is 54.1 Å². The van der Waals surface area contributed by atoms with Gasteiger partial charge in [-0.15, -0.1) is 0 Å². The Balaban J connectivity index is 1.25. The van der Waals surface area contributed by atoms with Crippen molar-refractivity contribution in [1.82, 2.24) is 9.80 Å². The molecule has 4 heteroatoms. The molecule has 2 aliphatic heterocycles. The molecule has 1 spiro atoms. The van der Waals surface area contributed by atoms with Crippen molar-refractivity contribution in [2.45, 2.75) is 82.4 Å². The van der Waals surface area contributed by atoms with Crippen LogP contribution in [0.25, 0.3) is 0 Å². The van der Waals surface area contributed by atoms with Gasteiger partial charge in [-0.05, 0) is 50.6 Å². The molecule has 4 nitrogen and oxygen atoms in total. The van der Waals surface area contributed by atoms with E-state index in [1.165, 1.54) is 31.2 Å². The number of hydrogen-bond donors (Lipinski definition) is 0. The van der Waals surface area contributed by atoms with Crippen LogP contribution in [0.4, 0.5) is 0 Å². The lowest BCUT2D eigenvalue weighted by atomic mass is 9.81. The van der Waals surface area contributed by atoms with Gasteiger partial charge >= 0.3 is 0 Å². The lowest BCUT2D eigenvalue weighted by Gasteiger charge is -2.48. The lowest BCUT2D eigenvalue weighted by Crippen LogP contribution is -2.54. The average molecular weight is 399 g/mol. The second-order valence-electron chi connectivity index (χ2n) is 9.65. The number of amides is 1. The predicted molar refractivity (Wildman–Crippen MR) is 117 cm³/mol. The zero-order valence-electron chi connectivity index (χ0n) is 18.2. The molecular formula is C25H38N2O2. The number of piperidine rings is 1. The van der Waals surface area contributed by atoms with Gasteiger partial charge in [-0.3, -0.25) is 9.69 Å². The van der Waals surface area contributed by atoms with Crippen LogP contribution >= 0.6 is 0 Å². The standard InChI is InChI=1S/C25H38N2O2/c1-26(20-22-9-3-2-4-10-22)23-13-18-29-25(19-23)14-16-27(17-15-25)24(28)12-11-21-7-5-6-8-21/h2-4,9-10,21,23H,5-8,11-20H2,1H3/t23-/m0/s1. The Morgan fingerprint density at radius 2 is 1.86 bits per heavy atom. The molecule has 1 amide bonds. The molecular weight excluding hydrogens is 360 g/mol. The van der Waals surface area contributed by atoms with E-state index in [2.05, 4.69) is 47.2 Å². The van der Waals surface area contributed by atoms with E-state index in [0.717, 1.165) is 70.7 Å². The van der Waals surface area contributed by atoms with Gasteiger partial charge in [-0.25, -0.2) is 0 Å². The number of hydrogen-bond acceptors (Lipinski definition) is 3. The van der Waals surface area contributed by atoms with Gasteiger partial charge in [0.1, 0.15) is 0 Å². The number of benzene rings is 1. The second kappa shape index (κ2) is 9.61. The van der Waals surface area contributed by atoms with Crippen molar-refractivity contribution < 1.29 is 9.53 Å². The largest absolute Gasteiger partial charge is 0.375 e. The first-order valence-corrected chi connectivity index (χ1v) is 11.8. The Morgan fingerprint density at radius 1 is 1.14 bits per heavy atom. The molecule has 4 rings (SSSR count). The van der Waals surface area contributed by atoms with Crippen molar-refractivity contribution in [3.8, 4) is 0 Å². The number of carbonyl (C=O) groups excluding carboxylic acids is 1. The average Bonchev–Trinajstić information content (AvgIpc) is 3.27. The van der Waals surface area contributed by atoms with Gasteiger partial charge in [0, 0.05) is 38.7 Å². The van der Waals surface area contributed by atoms with E-state index >= 15 is 0 Å². The molecule has 0 radical (unpaired) electrons. The predicted octanol–water partition coefficient (Wildman–Crippen LogP) is 4.63. The minimum atomic E-state index is -0.0178. The smallest absolute Gasteiger partial charge is 0.222 e. The van der Waals surface area contributed by atoms with Crippen molar-refractivity contribution in [2.24, 2.45) is 5.92 Å². The first kappa shape index (κ1) is 20.9. The number of ether oxygens (including phenoxy) is 1. The molecule has 2 heterocycles. The minimum Gasteiger partial charge on any atom is -0.375 e. The van der Waals surface area contributed by atoms with Crippen LogP contribution in [0.2, 0.25) is 0 Å². The summed E-state index contributed by atoms with van der Waals surface area (Å²) in [5, 5.41) is 0. The maximum atomic E-state index is 12.7. The van der Waals surface area contributed by atoms with Gasteiger partial charge in [-0.2, -0.15) is 0 Å². The van der Waals surface area contributed by atoms with Crippen molar-refractivity contribution in [3.05, 3.63) is 35.9 Å². The first-order chi connectivity index (χ1) is 14.1. The highest BCUT2D eigenvalue weighted by atomic mass is 16.5. The van der Waals surface area contributed by atoms with Gasteiger partial charge in [0.25, 0.3) is 0 Å². The zero-order chi connectivity index (χ0) is 20.1. The molecule has 3 aliphatic rings. The van der Waals surface area contributed by atoms with Crippen LogP contribution in [0.1, 0.15) is 69.8 Å². The molecule has 0 unspecified atom stereocenters. The van der Waals surface area contributed by atoms with Crippen molar-refractivity contribution in [3.63, 3.8) is 0 Å². The third kappa shape index (κ3) is 5.40. The van der Waals surface area contributed by atoms with E-state index in [4.69, 9.17) is 4.74 Å². The quantitative estimate of drug-likeness (QED) is 0.700. The fraction of sp³-hybridized carbons (Fsp3) is 0.720. The Bertz CT molecular complexity index is 648. The highest BCUT2D eigenvalue weighted by Crippen LogP contribution is 2.37. The van der Waals surface area contributed by atoms with E-state index in [1.807, 2.05) is 0 Å². The summed E-state index contributed by atoms with van der Waals surface area (Å²) in [7, 11) is 2.25. The summed E-state index contributed by atoms with van der Waals surface area (Å²) in [5.41, 5.74) is 1.36. The molecule has 3 fully saturated rings.